The lowest BCUT2D eigenvalue weighted by Gasteiger charge is -2.42. The van der Waals surface area contributed by atoms with E-state index < -0.39 is 0 Å². The molecule has 29 heavy (non-hydrogen) atoms. The lowest BCUT2D eigenvalue weighted by atomic mass is 9.93. The van der Waals surface area contributed by atoms with Crippen molar-refractivity contribution in [3.63, 3.8) is 0 Å². The smallest absolute Gasteiger partial charge is 0.317 e. The Morgan fingerprint density at radius 2 is 2.00 bits per heavy atom. The highest BCUT2D eigenvalue weighted by molar-refractivity contribution is 5.79. The molecule has 0 radical (unpaired) electrons. The van der Waals surface area contributed by atoms with Gasteiger partial charge in [-0.2, -0.15) is 0 Å². The summed E-state index contributed by atoms with van der Waals surface area (Å²) in [4.78, 5) is 33.4. The van der Waals surface area contributed by atoms with Gasteiger partial charge in [-0.25, -0.2) is 4.79 Å². The number of likely N-dealkylation sites (tertiary alicyclic amines) is 2. The number of aromatic nitrogens is 1. The summed E-state index contributed by atoms with van der Waals surface area (Å²) in [6, 6.07) is 4.42. The molecule has 3 amide bonds. The van der Waals surface area contributed by atoms with Crippen molar-refractivity contribution in [3.8, 4) is 0 Å². The molecule has 0 saturated carbocycles. The van der Waals surface area contributed by atoms with Crippen LogP contribution in [0.3, 0.4) is 0 Å². The molecular weight excluding hydrogens is 366 g/mol. The summed E-state index contributed by atoms with van der Waals surface area (Å²) in [5.41, 5.74) is 1.03. The van der Waals surface area contributed by atoms with E-state index in [0.717, 1.165) is 76.8 Å². The molecule has 0 bridgehead atoms. The molecule has 1 atom stereocenters. The number of nitrogens with zero attached hydrogens (tertiary/aromatic N) is 3. The summed E-state index contributed by atoms with van der Waals surface area (Å²) in [6.07, 6.45) is 9.64. The molecule has 0 unspecified atom stereocenters. The molecule has 0 aliphatic carbocycles. The summed E-state index contributed by atoms with van der Waals surface area (Å²) in [5.74, 6) is 0.196. The highest BCUT2D eigenvalue weighted by atomic mass is 16.2. The Bertz CT molecular complexity index is 646. The van der Waals surface area contributed by atoms with Crippen molar-refractivity contribution in [1.29, 1.82) is 0 Å². The van der Waals surface area contributed by atoms with E-state index >= 15 is 0 Å². The number of hydrogen-bond acceptors (Lipinski definition) is 4. The zero-order valence-electron chi connectivity index (χ0n) is 17.6. The van der Waals surface area contributed by atoms with Crippen molar-refractivity contribution in [2.75, 3.05) is 32.7 Å². The molecule has 3 rings (SSSR count). The van der Waals surface area contributed by atoms with Crippen LogP contribution in [0.15, 0.2) is 24.5 Å². The second kappa shape index (κ2) is 11.1. The van der Waals surface area contributed by atoms with Crippen molar-refractivity contribution in [2.45, 2.75) is 58.0 Å². The third-order valence-corrected chi connectivity index (χ3v) is 6.09. The first-order chi connectivity index (χ1) is 14.2. The van der Waals surface area contributed by atoms with Gasteiger partial charge in [0.05, 0.1) is 5.92 Å². The number of hydrogen-bond donors (Lipinski definition) is 2. The molecule has 2 saturated heterocycles. The minimum absolute atomic E-state index is 0.0517. The van der Waals surface area contributed by atoms with E-state index in [0.29, 0.717) is 12.6 Å². The van der Waals surface area contributed by atoms with Crippen LogP contribution < -0.4 is 10.6 Å². The summed E-state index contributed by atoms with van der Waals surface area (Å²) < 4.78 is 0. The SMILES string of the molecule is CCCCNC(=O)N1CCC(N2CCC[C@@H](C(=O)NCc3cccnc3)C2)CC1. The Balaban J connectivity index is 1.41. The number of amides is 3. The van der Waals surface area contributed by atoms with Crippen LogP contribution in [0, 0.1) is 5.92 Å². The Labute approximate surface area is 174 Å². The van der Waals surface area contributed by atoms with Crippen LogP contribution in [0.25, 0.3) is 0 Å². The van der Waals surface area contributed by atoms with Crippen LogP contribution in [0.5, 0.6) is 0 Å². The van der Waals surface area contributed by atoms with Gasteiger partial charge in [-0.3, -0.25) is 14.7 Å². The maximum absolute atomic E-state index is 12.6. The van der Waals surface area contributed by atoms with Crippen molar-refractivity contribution >= 4 is 11.9 Å². The van der Waals surface area contributed by atoms with Gasteiger partial charge in [0.1, 0.15) is 0 Å². The highest BCUT2D eigenvalue weighted by Crippen LogP contribution is 2.24. The number of carbonyl (C=O) groups excluding carboxylic acids is 2. The van der Waals surface area contributed by atoms with Gasteiger partial charge in [0.15, 0.2) is 0 Å². The number of rotatable bonds is 7. The third kappa shape index (κ3) is 6.42. The van der Waals surface area contributed by atoms with E-state index in [2.05, 4.69) is 27.4 Å². The van der Waals surface area contributed by atoms with E-state index in [4.69, 9.17) is 0 Å². The standard InChI is InChI=1S/C22H35N5O2/c1-2-3-11-24-22(29)26-13-8-20(9-14-26)27-12-5-7-19(17-27)21(28)25-16-18-6-4-10-23-15-18/h4,6,10,15,19-20H,2-3,5,7-9,11-14,16-17H2,1H3,(H,24,29)(H,25,28)/t19-/m1/s1. The van der Waals surface area contributed by atoms with Crippen molar-refractivity contribution < 1.29 is 9.59 Å². The van der Waals surface area contributed by atoms with E-state index in [1.54, 1.807) is 12.4 Å². The van der Waals surface area contributed by atoms with Crippen molar-refractivity contribution in [2.24, 2.45) is 5.92 Å². The van der Waals surface area contributed by atoms with Gasteiger partial charge >= 0.3 is 6.03 Å². The molecule has 1 aromatic rings. The molecule has 0 spiro atoms. The van der Waals surface area contributed by atoms with E-state index in [1.165, 1.54) is 0 Å². The lowest BCUT2D eigenvalue weighted by molar-refractivity contribution is -0.127. The zero-order chi connectivity index (χ0) is 20.5. The number of nitrogens with one attached hydrogen (secondary N) is 2. The molecule has 1 aromatic heterocycles. The fraction of sp³-hybridized carbons (Fsp3) is 0.682. The van der Waals surface area contributed by atoms with Crippen LogP contribution in [-0.4, -0.2) is 65.5 Å². The molecule has 2 N–H and O–H groups in total. The molecule has 2 aliphatic rings. The zero-order valence-corrected chi connectivity index (χ0v) is 17.6. The fourth-order valence-corrected chi connectivity index (χ4v) is 4.31. The molecular formula is C22H35N5O2. The van der Waals surface area contributed by atoms with Gasteiger partial charge < -0.3 is 15.5 Å². The highest BCUT2D eigenvalue weighted by Gasteiger charge is 2.32. The quantitative estimate of drug-likeness (QED) is 0.688. The largest absolute Gasteiger partial charge is 0.352 e. The summed E-state index contributed by atoms with van der Waals surface area (Å²) >= 11 is 0. The first-order valence-electron chi connectivity index (χ1n) is 11.1. The number of carbonyl (C=O) groups is 2. The number of pyridine rings is 1. The summed E-state index contributed by atoms with van der Waals surface area (Å²) in [5, 5.41) is 6.08. The van der Waals surface area contributed by atoms with Gasteiger partial charge in [0.25, 0.3) is 0 Å². The van der Waals surface area contributed by atoms with Crippen LogP contribution in [0.1, 0.15) is 51.0 Å². The maximum Gasteiger partial charge on any atom is 0.317 e. The Kier molecular flexibility index (Phi) is 8.28. The van der Waals surface area contributed by atoms with Crippen LogP contribution in [0.4, 0.5) is 4.79 Å². The first kappa shape index (κ1) is 21.6. The Morgan fingerprint density at radius 3 is 2.72 bits per heavy atom. The summed E-state index contributed by atoms with van der Waals surface area (Å²) in [7, 11) is 0. The molecule has 3 heterocycles. The normalized spacial score (nSPS) is 21.0. The summed E-state index contributed by atoms with van der Waals surface area (Å²) in [6.45, 7) is 6.91. The van der Waals surface area contributed by atoms with Crippen LogP contribution >= 0.6 is 0 Å². The monoisotopic (exact) mass is 401 g/mol. The average molecular weight is 402 g/mol. The molecule has 7 nitrogen and oxygen atoms in total. The first-order valence-corrected chi connectivity index (χ1v) is 11.1. The predicted molar refractivity (Wildman–Crippen MR) is 113 cm³/mol. The second-order valence-electron chi connectivity index (χ2n) is 8.22. The second-order valence-corrected chi connectivity index (χ2v) is 8.22. The Morgan fingerprint density at radius 1 is 1.17 bits per heavy atom. The van der Waals surface area contributed by atoms with Gasteiger partial charge in [0, 0.05) is 51.2 Å². The minimum Gasteiger partial charge on any atom is -0.352 e. The van der Waals surface area contributed by atoms with Gasteiger partial charge in [-0.1, -0.05) is 19.4 Å². The maximum atomic E-state index is 12.6. The van der Waals surface area contributed by atoms with Gasteiger partial charge in [0.2, 0.25) is 5.91 Å². The van der Waals surface area contributed by atoms with E-state index in [9.17, 15) is 9.59 Å². The molecule has 2 fully saturated rings. The topological polar surface area (TPSA) is 77.6 Å². The minimum atomic E-state index is 0.0517. The van der Waals surface area contributed by atoms with Gasteiger partial charge in [-0.05, 0) is 50.3 Å². The molecule has 7 heteroatoms. The average Bonchev–Trinajstić information content (AvgIpc) is 2.78. The van der Waals surface area contributed by atoms with E-state index in [1.807, 2.05) is 17.0 Å². The van der Waals surface area contributed by atoms with Gasteiger partial charge in [-0.15, -0.1) is 0 Å². The van der Waals surface area contributed by atoms with Crippen LogP contribution in [0.2, 0.25) is 0 Å². The van der Waals surface area contributed by atoms with Crippen molar-refractivity contribution in [3.05, 3.63) is 30.1 Å². The van der Waals surface area contributed by atoms with Crippen molar-refractivity contribution in [1.82, 2.24) is 25.4 Å². The number of unbranched alkanes of at least 4 members (excludes halogenated alkanes) is 1. The number of piperidine rings is 2. The fourth-order valence-electron chi connectivity index (χ4n) is 4.31. The third-order valence-electron chi connectivity index (χ3n) is 6.09. The predicted octanol–water partition coefficient (Wildman–Crippen LogP) is 2.38. The van der Waals surface area contributed by atoms with Crippen LogP contribution in [-0.2, 0) is 11.3 Å². The molecule has 0 aromatic carbocycles. The molecule has 2 aliphatic heterocycles. The lowest BCUT2D eigenvalue weighted by Crippen LogP contribution is -2.52. The molecule has 160 valence electrons. The van der Waals surface area contributed by atoms with E-state index in [-0.39, 0.29) is 17.9 Å². The Hall–Kier alpha value is -2.15. The number of urea groups is 1.